The predicted octanol–water partition coefficient (Wildman–Crippen LogP) is 4.04. The molecule has 2 aromatic rings. The van der Waals surface area contributed by atoms with Crippen LogP contribution < -0.4 is 5.32 Å². The molecule has 1 N–H and O–H groups in total. The van der Waals surface area contributed by atoms with E-state index < -0.39 is 0 Å². The molecule has 4 aliphatic carbocycles. The van der Waals surface area contributed by atoms with Gasteiger partial charge in [0.05, 0.1) is 22.6 Å². The second-order valence-corrected chi connectivity index (χ2v) is 8.72. The van der Waals surface area contributed by atoms with E-state index in [9.17, 15) is 4.79 Å². The van der Waals surface area contributed by atoms with Crippen LogP contribution in [0.2, 0.25) is 0 Å². The highest BCUT2D eigenvalue weighted by Crippen LogP contribution is 2.53. The van der Waals surface area contributed by atoms with E-state index in [0.717, 1.165) is 34.5 Å². The monoisotopic (exact) mass is 349 g/mol. The molecule has 4 heteroatoms. The zero-order valence-corrected chi connectivity index (χ0v) is 15.6. The van der Waals surface area contributed by atoms with Crippen molar-refractivity contribution in [2.75, 3.05) is 0 Å². The molecule has 0 radical (unpaired) electrons. The van der Waals surface area contributed by atoms with Crippen molar-refractivity contribution in [3.63, 3.8) is 0 Å². The Balaban J connectivity index is 1.40. The van der Waals surface area contributed by atoms with Crippen LogP contribution in [0.15, 0.2) is 30.3 Å². The van der Waals surface area contributed by atoms with E-state index in [2.05, 4.69) is 10.4 Å². The first kappa shape index (κ1) is 16.1. The van der Waals surface area contributed by atoms with E-state index >= 15 is 0 Å². The summed E-state index contributed by atoms with van der Waals surface area (Å²) in [5.74, 6) is 3.31. The average Bonchev–Trinajstić information content (AvgIpc) is 2.92. The van der Waals surface area contributed by atoms with Crippen LogP contribution in [0.4, 0.5) is 0 Å². The quantitative estimate of drug-likeness (QED) is 0.909. The minimum absolute atomic E-state index is 0.0691. The average molecular weight is 349 g/mol. The molecule has 4 bridgehead atoms. The SMILES string of the molecule is Cc1nn(-c2ccccc2)c(C)c1C(=O)NC1C2CC3CC(C2)CC1C3. The maximum absolute atomic E-state index is 13.2. The zero-order chi connectivity index (χ0) is 17.8. The molecule has 0 aliphatic heterocycles. The van der Waals surface area contributed by atoms with Gasteiger partial charge in [0.25, 0.3) is 5.91 Å². The van der Waals surface area contributed by atoms with Gasteiger partial charge in [-0.1, -0.05) is 18.2 Å². The number of rotatable bonds is 3. The summed E-state index contributed by atoms with van der Waals surface area (Å²) in [5.41, 5.74) is 3.49. The molecule has 4 saturated carbocycles. The molecule has 1 aromatic carbocycles. The van der Waals surface area contributed by atoms with Crippen LogP contribution in [-0.4, -0.2) is 21.7 Å². The van der Waals surface area contributed by atoms with Crippen molar-refractivity contribution in [2.45, 2.75) is 52.0 Å². The van der Waals surface area contributed by atoms with Crippen LogP contribution in [-0.2, 0) is 0 Å². The zero-order valence-electron chi connectivity index (χ0n) is 15.6. The van der Waals surface area contributed by atoms with Gasteiger partial charge in [-0.3, -0.25) is 4.79 Å². The minimum Gasteiger partial charge on any atom is -0.349 e. The van der Waals surface area contributed by atoms with E-state index in [1.807, 2.05) is 48.9 Å². The predicted molar refractivity (Wildman–Crippen MR) is 101 cm³/mol. The lowest BCUT2D eigenvalue weighted by Gasteiger charge is -2.54. The molecule has 4 nitrogen and oxygen atoms in total. The van der Waals surface area contributed by atoms with Crippen molar-refractivity contribution in [1.82, 2.24) is 15.1 Å². The van der Waals surface area contributed by atoms with Gasteiger partial charge in [-0.25, -0.2) is 4.68 Å². The first-order valence-electron chi connectivity index (χ1n) is 10.0. The Hall–Kier alpha value is -2.10. The molecule has 26 heavy (non-hydrogen) atoms. The molecule has 1 aromatic heterocycles. The van der Waals surface area contributed by atoms with Gasteiger partial charge in [0.15, 0.2) is 0 Å². The Morgan fingerprint density at radius 2 is 1.62 bits per heavy atom. The molecule has 1 heterocycles. The lowest BCUT2D eigenvalue weighted by Crippen LogP contribution is -2.55. The number of aromatic nitrogens is 2. The second-order valence-electron chi connectivity index (χ2n) is 8.72. The summed E-state index contributed by atoms with van der Waals surface area (Å²) in [6.45, 7) is 3.94. The molecule has 1 amide bonds. The number of hydrogen-bond donors (Lipinski definition) is 1. The van der Waals surface area contributed by atoms with E-state index in [-0.39, 0.29) is 5.91 Å². The first-order chi connectivity index (χ1) is 12.6. The summed E-state index contributed by atoms with van der Waals surface area (Å²) in [7, 11) is 0. The lowest BCUT2D eigenvalue weighted by molar-refractivity contribution is -0.0119. The number of nitrogens with one attached hydrogen (secondary N) is 1. The van der Waals surface area contributed by atoms with Crippen molar-refractivity contribution in [1.29, 1.82) is 0 Å². The van der Waals surface area contributed by atoms with E-state index in [1.54, 1.807) is 0 Å². The van der Waals surface area contributed by atoms with Gasteiger partial charge < -0.3 is 5.32 Å². The molecular weight excluding hydrogens is 322 g/mol. The Morgan fingerprint density at radius 1 is 1.00 bits per heavy atom. The minimum atomic E-state index is 0.0691. The normalized spacial score (nSPS) is 32.0. The number of carbonyl (C=O) groups excluding carboxylic acids is 1. The second kappa shape index (κ2) is 5.97. The summed E-state index contributed by atoms with van der Waals surface area (Å²) in [6, 6.07) is 10.4. The smallest absolute Gasteiger partial charge is 0.255 e. The van der Waals surface area contributed by atoms with Crippen molar-refractivity contribution in [2.24, 2.45) is 23.7 Å². The van der Waals surface area contributed by atoms with Gasteiger partial charge in [-0.2, -0.15) is 5.10 Å². The first-order valence-corrected chi connectivity index (χ1v) is 10.0. The number of carbonyl (C=O) groups is 1. The van der Waals surface area contributed by atoms with Gasteiger partial charge in [0.1, 0.15) is 0 Å². The van der Waals surface area contributed by atoms with E-state index in [1.165, 1.54) is 32.1 Å². The molecule has 136 valence electrons. The molecule has 0 unspecified atom stereocenters. The molecule has 0 atom stereocenters. The van der Waals surface area contributed by atoms with Gasteiger partial charge in [0.2, 0.25) is 0 Å². The molecule has 0 spiro atoms. The van der Waals surface area contributed by atoms with Crippen LogP contribution in [0.25, 0.3) is 5.69 Å². The number of amides is 1. The molecule has 4 fully saturated rings. The third-order valence-corrected chi connectivity index (χ3v) is 7.04. The highest BCUT2D eigenvalue weighted by Gasteiger charge is 2.48. The third kappa shape index (κ3) is 2.50. The van der Waals surface area contributed by atoms with Crippen LogP contribution in [0, 0.1) is 37.5 Å². The van der Waals surface area contributed by atoms with Gasteiger partial charge in [-0.05, 0) is 81.8 Å². The fourth-order valence-corrected chi connectivity index (χ4v) is 6.18. The Morgan fingerprint density at radius 3 is 2.23 bits per heavy atom. The van der Waals surface area contributed by atoms with Crippen LogP contribution in [0.5, 0.6) is 0 Å². The van der Waals surface area contributed by atoms with E-state index in [4.69, 9.17) is 0 Å². The summed E-state index contributed by atoms with van der Waals surface area (Å²) >= 11 is 0. The maximum atomic E-state index is 13.2. The van der Waals surface area contributed by atoms with Crippen molar-refractivity contribution in [3.8, 4) is 5.69 Å². The molecule has 0 saturated heterocycles. The fraction of sp³-hybridized carbons (Fsp3) is 0.545. The van der Waals surface area contributed by atoms with Gasteiger partial charge in [0, 0.05) is 6.04 Å². The van der Waals surface area contributed by atoms with Crippen LogP contribution >= 0.6 is 0 Å². The fourth-order valence-electron chi connectivity index (χ4n) is 6.18. The molecule has 6 rings (SSSR count). The number of benzene rings is 1. The summed E-state index contributed by atoms with van der Waals surface area (Å²) in [4.78, 5) is 13.2. The lowest BCUT2D eigenvalue weighted by atomic mass is 9.54. The summed E-state index contributed by atoms with van der Waals surface area (Å²) in [5, 5.41) is 8.07. The van der Waals surface area contributed by atoms with Gasteiger partial charge >= 0.3 is 0 Å². The van der Waals surface area contributed by atoms with Crippen molar-refractivity contribution in [3.05, 3.63) is 47.3 Å². The summed E-state index contributed by atoms with van der Waals surface area (Å²) < 4.78 is 1.89. The Labute approximate surface area is 155 Å². The topological polar surface area (TPSA) is 46.9 Å². The number of para-hydroxylation sites is 1. The number of aryl methyl sites for hydroxylation is 1. The van der Waals surface area contributed by atoms with E-state index in [0.29, 0.717) is 17.9 Å². The van der Waals surface area contributed by atoms with Gasteiger partial charge in [-0.15, -0.1) is 0 Å². The standard InChI is InChI=1S/C22H27N3O/c1-13-20(14(2)25(24-13)19-6-4-3-5-7-19)22(26)23-21-17-9-15-8-16(11-17)12-18(21)10-15/h3-7,15-18,21H,8-12H2,1-2H3,(H,23,26). The van der Waals surface area contributed by atoms with Crippen LogP contribution in [0.3, 0.4) is 0 Å². The number of hydrogen-bond acceptors (Lipinski definition) is 2. The highest BCUT2D eigenvalue weighted by molar-refractivity contribution is 5.96. The molecular formula is C22H27N3O. The van der Waals surface area contributed by atoms with Crippen LogP contribution in [0.1, 0.15) is 53.8 Å². The van der Waals surface area contributed by atoms with Crippen molar-refractivity contribution >= 4 is 5.91 Å². The maximum Gasteiger partial charge on any atom is 0.255 e. The Kier molecular flexibility index (Phi) is 3.70. The number of nitrogens with zero attached hydrogens (tertiary/aromatic N) is 2. The summed E-state index contributed by atoms with van der Waals surface area (Å²) in [6.07, 6.45) is 6.71. The van der Waals surface area contributed by atoms with Crippen molar-refractivity contribution < 1.29 is 4.79 Å². The third-order valence-electron chi connectivity index (χ3n) is 7.04. The highest BCUT2D eigenvalue weighted by atomic mass is 16.1. The largest absolute Gasteiger partial charge is 0.349 e. The Bertz CT molecular complexity index is 811. The molecule has 4 aliphatic rings.